The van der Waals surface area contributed by atoms with Gasteiger partial charge in [0.05, 0.1) is 18.2 Å². The van der Waals surface area contributed by atoms with Crippen molar-refractivity contribution in [3.8, 4) is 6.07 Å². The monoisotopic (exact) mass is 237 g/mol. The number of nitrogens with one attached hydrogen (secondary N) is 1. The summed E-state index contributed by atoms with van der Waals surface area (Å²) in [5.74, 6) is 0.0522. The summed E-state index contributed by atoms with van der Waals surface area (Å²) in [6.45, 7) is 1.83. The SMILES string of the molecule is Cl.N#Cc1cccc(N2CCNCC2=O)c1. The highest BCUT2D eigenvalue weighted by molar-refractivity contribution is 5.95. The summed E-state index contributed by atoms with van der Waals surface area (Å²) in [7, 11) is 0. The molecule has 0 aromatic heterocycles. The molecule has 5 heteroatoms. The van der Waals surface area contributed by atoms with Gasteiger partial charge in [-0.05, 0) is 18.2 Å². The second-order valence-electron chi connectivity index (χ2n) is 3.38. The molecule has 1 N–H and O–H groups in total. The predicted octanol–water partition coefficient (Wildman–Crippen LogP) is 0.916. The summed E-state index contributed by atoms with van der Waals surface area (Å²) < 4.78 is 0. The van der Waals surface area contributed by atoms with Crippen LogP contribution in [0.15, 0.2) is 24.3 Å². The highest BCUT2D eigenvalue weighted by atomic mass is 35.5. The fourth-order valence-electron chi connectivity index (χ4n) is 1.62. The number of nitriles is 1. The first-order valence-corrected chi connectivity index (χ1v) is 4.82. The van der Waals surface area contributed by atoms with Crippen LogP contribution in [0.1, 0.15) is 5.56 Å². The zero-order valence-electron chi connectivity index (χ0n) is 8.64. The number of carbonyl (C=O) groups is 1. The molecule has 0 bridgehead atoms. The molecule has 2 rings (SSSR count). The molecule has 0 atom stereocenters. The Morgan fingerprint density at radius 1 is 1.44 bits per heavy atom. The molecule has 1 aliphatic heterocycles. The molecule has 4 nitrogen and oxygen atoms in total. The van der Waals surface area contributed by atoms with Crippen molar-refractivity contribution in [2.75, 3.05) is 24.5 Å². The van der Waals surface area contributed by atoms with E-state index in [0.29, 0.717) is 18.7 Å². The third-order valence-corrected chi connectivity index (χ3v) is 2.38. The molecule has 16 heavy (non-hydrogen) atoms. The van der Waals surface area contributed by atoms with Crippen LogP contribution in [0.4, 0.5) is 5.69 Å². The normalized spacial score (nSPS) is 15.2. The number of benzene rings is 1. The second-order valence-corrected chi connectivity index (χ2v) is 3.38. The van der Waals surface area contributed by atoms with E-state index in [2.05, 4.69) is 11.4 Å². The Kier molecular flexibility index (Phi) is 4.29. The van der Waals surface area contributed by atoms with Gasteiger partial charge >= 0.3 is 0 Å². The minimum Gasteiger partial charge on any atom is -0.310 e. The third kappa shape index (κ3) is 2.51. The molecule has 0 radical (unpaired) electrons. The van der Waals surface area contributed by atoms with Gasteiger partial charge in [0.2, 0.25) is 5.91 Å². The largest absolute Gasteiger partial charge is 0.310 e. The maximum absolute atomic E-state index is 11.6. The van der Waals surface area contributed by atoms with Gasteiger partial charge in [0.1, 0.15) is 0 Å². The summed E-state index contributed by atoms with van der Waals surface area (Å²) >= 11 is 0. The van der Waals surface area contributed by atoms with Gasteiger partial charge in [-0.3, -0.25) is 4.79 Å². The number of piperazine rings is 1. The first-order valence-electron chi connectivity index (χ1n) is 4.82. The van der Waals surface area contributed by atoms with E-state index in [4.69, 9.17) is 5.26 Å². The molecule has 0 aliphatic carbocycles. The molecule has 1 saturated heterocycles. The van der Waals surface area contributed by atoms with Crippen LogP contribution >= 0.6 is 12.4 Å². The Labute approximate surface area is 100 Å². The van der Waals surface area contributed by atoms with E-state index in [9.17, 15) is 4.79 Å². The number of halogens is 1. The topological polar surface area (TPSA) is 56.1 Å². The summed E-state index contributed by atoms with van der Waals surface area (Å²) in [5.41, 5.74) is 1.39. The molecule has 1 aromatic carbocycles. The standard InChI is InChI=1S/C11H11N3O.ClH/c12-7-9-2-1-3-10(6-9)14-5-4-13-8-11(14)15;/h1-3,6,13H,4-5,8H2;1H. The van der Waals surface area contributed by atoms with Crippen LogP contribution in [0.3, 0.4) is 0 Å². The number of anilines is 1. The molecule has 1 aromatic rings. The average Bonchev–Trinajstić information content (AvgIpc) is 2.30. The van der Waals surface area contributed by atoms with E-state index in [1.165, 1.54) is 0 Å². The van der Waals surface area contributed by atoms with Crippen molar-refractivity contribution in [1.29, 1.82) is 5.26 Å². The van der Waals surface area contributed by atoms with E-state index in [0.717, 1.165) is 12.2 Å². The first kappa shape index (κ1) is 12.5. The summed E-state index contributed by atoms with van der Waals surface area (Å²) in [6, 6.07) is 9.19. The number of amides is 1. The van der Waals surface area contributed by atoms with Crippen molar-refractivity contribution in [3.05, 3.63) is 29.8 Å². The Morgan fingerprint density at radius 3 is 2.94 bits per heavy atom. The number of carbonyl (C=O) groups excluding carboxylic acids is 1. The fourth-order valence-corrected chi connectivity index (χ4v) is 1.62. The van der Waals surface area contributed by atoms with Crippen molar-refractivity contribution in [3.63, 3.8) is 0 Å². The molecule has 1 amide bonds. The van der Waals surface area contributed by atoms with E-state index in [1.807, 2.05) is 6.07 Å². The van der Waals surface area contributed by atoms with Crippen LogP contribution < -0.4 is 10.2 Å². The van der Waals surface area contributed by atoms with Crippen LogP contribution in [0.2, 0.25) is 0 Å². The van der Waals surface area contributed by atoms with Gasteiger partial charge in [0.25, 0.3) is 0 Å². The average molecular weight is 238 g/mol. The number of hydrogen-bond donors (Lipinski definition) is 1. The Bertz CT molecular complexity index is 427. The van der Waals surface area contributed by atoms with Gasteiger partial charge in [-0.2, -0.15) is 5.26 Å². The molecule has 1 fully saturated rings. The number of nitrogens with zero attached hydrogens (tertiary/aromatic N) is 2. The van der Waals surface area contributed by atoms with E-state index >= 15 is 0 Å². The maximum Gasteiger partial charge on any atom is 0.240 e. The van der Waals surface area contributed by atoms with Crippen molar-refractivity contribution < 1.29 is 4.79 Å². The zero-order chi connectivity index (χ0) is 10.7. The lowest BCUT2D eigenvalue weighted by Crippen LogP contribution is -2.48. The van der Waals surface area contributed by atoms with E-state index < -0.39 is 0 Å². The summed E-state index contributed by atoms with van der Waals surface area (Å²) in [6.07, 6.45) is 0. The quantitative estimate of drug-likeness (QED) is 0.790. The lowest BCUT2D eigenvalue weighted by molar-refractivity contribution is -0.118. The number of hydrogen-bond acceptors (Lipinski definition) is 3. The predicted molar refractivity (Wildman–Crippen MR) is 63.6 cm³/mol. The van der Waals surface area contributed by atoms with Crippen molar-refractivity contribution >= 4 is 24.0 Å². The van der Waals surface area contributed by atoms with Gasteiger partial charge in [0, 0.05) is 18.8 Å². The second kappa shape index (κ2) is 5.50. The third-order valence-electron chi connectivity index (χ3n) is 2.38. The minimum absolute atomic E-state index is 0. The lowest BCUT2D eigenvalue weighted by Gasteiger charge is -2.27. The molecule has 0 saturated carbocycles. The van der Waals surface area contributed by atoms with Crippen molar-refractivity contribution in [1.82, 2.24) is 5.32 Å². The van der Waals surface area contributed by atoms with Crippen LogP contribution in [0.25, 0.3) is 0 Å². The molecule has 84 valence electrons. The van der Waals surface area contributed by atoms with Crippen molar-refractivity contribution in [2.24, 2.45) is 0 Å². The molecule has 1 aliphatic rings. The van der Waals surface area contributed by atoms with Gasteiger partial charge in [-0.1, -0.05) is 6.07 Å². The Balaban J connectivity index is 0.00000128. The highest BCUT2D eigenvalue weighted by Crippen LogP contribution is 2.16. The van der Waals surface area contributed by atoms with Gasteiger partial charge < -0.3 is 10.2 Å². The smallest absolute Gasteiger partial charge is 0.240 e. The zero-order valence-corrected chi connectivity index (χ0v) is 9.46. The molecule has 0 spiro atoms. The molecular weight excluding hydrogens is 226 g/mol. The molecular formula is C11H12ClN3O. The maximum atomic E-state index is 11.6. The van der Waals surface area contributed by atoms with Gasteiger partial charge in [0.15, 0.2) is 0 Å². The molecule has 1 heterocycles. The van der Waals surface area contributed by atoms with E-state index in [1.54, 1.807) is 23.1 Å². The minimum atomic E-state index is 0. The van der Waals surface area contributed by atoms with E-state index in [-0.39, 0.29) is 18.3 Å². The lowest BCUT2D eigenvalue weighted by atomic mass is 10.2. The van der Waals surface area contributed by atoms with Gasteiger partial charge in [-0.25, -0.2) is 0 Å². The van der Waals surface area contributed by atoms with Crippen LogP contribution in [0.5, 0.6) is 0 Å². The fraction of sp³-hybridized carbons (Fsp3) is 0.273. The Morgan fingerprint density at radius 2 is 2.25 bits per heavy atom. The first-order chi connectivity index (χ1) is 7.31. The van der Waals surface area contributed by atoms with Crippen molar-refractivity contribution in [2.45, 2.75) is 0 Å². The molecule has 0 unspecified atom stereocenters. The van der Waals surface area contributed by atoms with Gasteiger partial charge in [-0.15, -0.1) is 12.4 Å². The van der Waals surface area contributed by atoms with Crippen LogP contribution in [0, 0.1) is 11.3 Å². The number of rotatable bonds is 1. The van der Waals surface area contributed by atoms with Crippen LogP contribution in [-0.4, -0.2) is 25.5 Å². The van der Waals surface area contributed by atoms with Crippen LogP contribution in [-0.2, 0) is 4.79 Å². The highest BCUT2D eigenvalue weighted by Gasteiger charge is 2.18. The summed E-state index contributed by atoms with van der Waals surface area (Å²) in [4.78, 5) is 13.3. The summed E-state index contributed by atoms with van der Waals surface area (Å²) in [5, 5.41) is 11.8. The Hall–Kier alpha value is -1.57.